The highest BCUT2D eigenvalue weighted by molar-refractivity contribution is 9.10. The molecule has 1 aliphatic heterocycles. The van der Waals surface area contributed by atoms with E-state index in [1.807, 2.05) is 64.2 Å². The number of amides is 1. The molecule has 7 heteroatoms. The monoisotopic (exact) mass is 487 g/mol. The van der Waals surface area contributed by atoms with Crippen LogP contribution in [0.3, 0.4) is 0 Å². The standard InChI is InChI=1S/C25H22BrN5O/c26-22-16-17-30(24(22)32)18-23-27-28-29-31(23)25(19-10-4-1-5-11-19,20-12-6-2-7-13-20)21-14-8-3-9-15-21/h1-15,22H,16-18H2/t22-/m0/s1. The second kappa shape index (κ2) is 8.67. The zero-order chi connectivity index (χ0) is 22.0. The molecule has 0 saturated carbocycles. The summed E-state index contributed by atoms with van der Waals surface area (Å²) in [5.41, 5.74) is 2.32. The molecule has 1 saturated heterocycles. The Morgan fingerprint density at radius 1 is 0.844 bits per heavy atom. The van der Waals surface area contributed by atoms with Crippen LogP contribution in [0.15, 0.2) is 91.0 Å². The molecular formula is C25H22BrN5O. The largest absolute Gasteiger partial charge is 0.334 e. The summed E-state index contributed by atoms with van der Waals surface area (Å²) in [5, 5.41) is 12.9. The Bertz CT molecular complexity index is 1100. The number of likely N-dealkylation sites (tertiary alicyclic amines) is 1. The molecule has 0 aliphatic carbocycles. The van der Waals surface area contributed by atoms with Crippen molar-refractivity contribution in [1.82, 2.24) is 25.1 Å². The van der Waals surface area contributed by atoms with E-state index in [4.69, 9.17) is 0 Å². The first-order valence-corrected chi connectivity index (χ1v) is 11.5. The van der Waals surface area contributed by atoms with Gasteiger partial charge in [0.1, 0.15) is 5.54 Å². The normalized spacial score (nSPS) is 16.5. The minimum Gasteiger partial charge on any atom is -0.334 e. The lowest BCUT2D eigenvalue weighted by Gasteiger charge is -2.36. The summed E-state index contributed by atoms with van der Waals surface area (Å²) in [7, 11) is 0. The number of hydrogen-bond acceptors (Lipinski definition) is 4. The highest BCUT2D eigenvalue weighted by Crippen LogP contribution is 2.40. The first kappa shape index (κ1) is 20.6. The van der Waals surface area contributed by atoms with Gasteiger partial charge in [-0.25, -0.2) is 4.68 Å². The second-order valence-corrected chi connectivity index (χ2v) is 8.94. The molecule has 1 fully saturated rings. The van der Waals surface area contributed by atoms with Gasteiger partial charge in [0.2, 0.25) is 5.91 Å². The Balaban J connectivity index is 1.75. The molecule has 0 spiro atoms. The number of aromatic nitrogens is 4. The van der Waals surface area contributed by atoms with E-state index in [0.717, 1.165) is 23.1 Å². The van der Waals surface area contributed by atoms with Gasteiger partial charge in [-0.2, -0.15) is 0 Å². The van der Waals surface area contributed by atoms with Crippen molar-refractivity contribution in [2.45, 2.75) is 23.3 Å². The molecule has 0 N–H and O–H groups in total. The van der Waals surface area contributed by atoms with Crippen LogP contribution >= 0.6 is 15.9 Å². The summed E-state index contributed by atoms with van der Waals surface area (Å²) in [4.78, 5) is 14.3. The minimum absolute atomic E-state index is 0.0734. The fraction of sp³-hybridized carbons (Fsp3) is 0.200. The molecule has 1 amide bonds. The average molecular weight is 488 g/mol. The molecule has 32 heavy (non-hydrogen) atoms. The van der Waals surface area contributed by atoms with Crippen molar-refractivity contribution in [3.63, 3.8) is 0 Å². The SMILES string of the molecule is O=C1[C@@H](Br)CCN1Cc1nnnn1C(c1ccccc1)(c1ccccc1)c1ccccc1. The zero-order valence-corrected chi connectivity index (χ0v) is 19.0. The third-order valence-electron chi connectivity index (χ3n) is 5.99. The molecule has 0 unspecified atom stereocenters. The number of benzene rings is 3. The van der Waals surface area contributed by atoms with Crippen LogP contribution in [0.1, 0.15) is 28.9 Å². The van der Waals surface area contributed by atoms with E-state index in [1.165, 1.54) is 0 Å². The summed E-state index contributed by atoms with van der Waals surface area (Å²) in [5.74, 6) is 0.709. The van der Waals surface area contributed by atoms with Crippen LogP contribution in [0, 0.1) is 0 Å². The summed E-state index contributed by atoms with van der Waals surface area (Å²) in [6, 6.07) is 30.8. The Hall–Kier alpha value is -3.32. The summed E-state index contributed by atoms with van der Waals surface area (Å²) in [6.07, 6.45) is 0.779. The Kier molecular flexibility index (Phi) is 5.57. The van der Waals surface area contributed by atoms with Gasteiger partial charge >= 0.3 is 0 Å². The fourth-order valence-corrected chi connectivity index (χ4v) is 4.99. The van der Waals surface area contributed by atoms with Gasteiger partial charge in [0.15, 0.2) is 5.82 Å². The third kappa shape index (κ3) is 3.42. The molecule has 160 valence electrons. The van der Waals surface area contributed by atoms with Gasteiger partial charge in [0, 0.05) is 6.54 Å². The molecule has 1 atom stereocenters. The van der Waals surface area contributed by atoms with E-state index in [0.29, 0.717) is 18.9 Å². The van der Waals surface area contributed by atoms with Gasteiger partial charge < -0.3 is 4.90 Å². The Morgan fingerprint density at radius 2 is 1.34 bits per heavy atom. The van der Waals surface area contributed by atoms with E-state index in [-0.39, 0.29) is 10.7 Å². The van der Waals surface area contributed by atoms with E-state index in [1.54, 1.807) is 0 Å². The highest BCUT2D eigenvalue weighted by atomic mass is 79.9. The number of halogens is 1. The molecule has 0 radical (unpaired) electrons. The smallest absolute Gasteiger partial charge is 0.236 e. The number of carbonyl (C=O) groups excluding carboxylic acids is 1. The van der Waals surface area contributed by atoms with Crippen molar-refractivity contribution in [2.24, 2.45) is 0 Å². The zero-order valence-electron chi connectivity index (χ0n) is 17.4. The number of hydrogen-bond donors (Lipinski definition) is 0. The van der Waals surface area contributed by atoms with Crippen LogP contribution in [-0.2, 0) is 16.9 Å². The van der Waals surface area contributed by atoms with E-state index in [2.05, 4.69) is 67.9 Å². The van der Waals surface area contributed by atoms with Crippen molar-refractivity contribution in [3.8, 4) is 0 Å². The molecule has 1 aromatic heterocycles. The average Bonchev–Trinajstić information content (AvgIpc) is 3.44. The summed E-state index contributed by atoms with van der Waals surface area (Å²) >= 11 is 3.47. The van der Waals surface area contributed by atoms with Crippen molar-refractivity contribution in [1.29, 1.82) is 0 Å². The third-order valence-corrected chi connectivity index (χ3v) is 6.84. The molecule has 0 bridgehead atoms. The number of nitrogens with zero attached hydrogens (tertiary/aromatic N) is 5. The van der Waals surface area contributed by atoms with Crippen LogP contribution in [0.25, 0.3) is 0 Å². The predicted molar refractivity (Wildman–Crippen MR) is 125 cm³/mol. The van der Waals surface area contributed by atoms with Crippen molar-refractivity contribution >= 4 is 21.8 Å². The first-order chi connectivity index (χ1) is 15.7. The molecule has 2 heterocycles. The number of alkyl halides is 1. The molecular weight excluding hydrogens is 466 g/mol. The minimum atomic E-state index is -0.792. The van der Waals surface area contributed by atoms with E-state index >= 15 is 0 Å². The van der Waals surface area contributed by atoms with Crippen LogP contribution in [0.4, 0.5) is 0 Å². The predicted octanol–water partition coefficient (Wildman–Crippen LogP) is 4.01. The van der Waals surface area contributed by atoms with Crippen molar-refractivity contribution < 1.29 is 4.79 Å². The number of carbonyl (C=O) groups is 1. The lowest BCUT2D eigenvalue weighted by Crippen LogP contribution is -2.41. The lowest BCUT2D eigenvalue weighted by atomic mass is 9.77. The maximum Gasteiger partial charge on any atom is 0.236 e. The molecule has 5 rings (SSSR count). The van der Waals surface area contributed by atoms with Gasteiger partial charge in [0.25, 0.3) is 0 Å². The van der Waals surface area contributed by atoms with Gasteiger partial charge in [-0.05, 0) is 33.5 Å². The van der Waals surface area contributed by atoms with E-state index < -0.39 is 5.54 Å². The van der Waals surface area contributed by atoms with Crippen molar-refractivity contribution in [3.05, 3.63) is 114 Å². The van der Waals surface area contributed by atoms with Crippen LogP contribution < -0.4 is 0 Å². The summed E-state index contributed by atoms with van der Waals surface area (Å²) in [6.45, 7) is 1.03. The second-order valence-electron chi connectivity index (χ2n) is 7.83. The Morgan fingerprint density at radius 3 is 1.78 bits per heavy atom. The number of rotatable bonds is 6. The molecule has 1 aliphatic rings. The van der Waals surface area contributed by atoms with Gasteiger partial charge in [-0.3, -0.25) is 4.79 Å². The van der Waals surface area contributed by atoms with Crippen molar-refractivity contribution in [2.75, 3.05) is 6.54 Å². The first-order valence-electron chi connectivity index (χ1n) is 10.6. The molecule has 4 aromatic rings. The maximum absolute atomic E-state index is 12.6. The van der Waals surface area contributed by atoms with Crippen LogP contribution in [-0.4, -0.2) is 42.4 Å². The highest BCUT2D eigenvalue weighted by Gasteiger charge is 2.42. The molecule has 3 aromatic carbocycles. The number of tetrazole rings is 1. The van der Waals surface area contributed by atoms with E-state index in [9.17, 15) is 4.79 Å². The van der Waals surface area contributed by atoms with Gasteiger partial charge in [-0.15, -0.1) is 5.10 Å². The lowest BCUT2D eigenvalue weighted by molar-refractivity contribution is -0.127. The Labute approximate surface area is 195 Å². The van der Waals surface area contributed by atoms with Crippen LogP contribution in [0.5, 0.6) is 0 Å². The quantitative estimate of drug-likeness (QED) is 0.304. The summed E-state index contributed by atoms with van der Waals surface area (Å²) < 4.78 is 1.88. The van der Waals surface area contributed by atoms with Gasteiger partial charge in [0.05, 0.1) is 11.4 Å². The maximum atomic E-state index is 12.6. The molecule has 6 nitrogen and oxygen atoms in total. The van der Waals surface area contributed by atoms with Gasteiger partial charge in [-0.1, -0.05) is 107 Å². The fourth-order valence-electron chi connectivity index (χ4n) is 4.50. The topological polar surface area (TPSA) is 63.9 Å². The van der Waals surface area contributed by atoms with Crippen LogP contribution in [0.2, 0.25) is 0 Å².